The van der Waals surface area contributed by atoms with Gasteiger partial charge in [-0.15, -0.1) is 0 Å². The van der Waals surface area contributed by atoms with Crippen LogP contribution >= 0.6 is 22.6 Å². The summed E-state index contributed by atoms with van der Waals surface area (Å²) in [7, 11) is 0. The first kappa shape index (κ1) is 6.84. The number of nitrogens with zero attached hydrogens (tertiary/aromatic N) is 2. The van der Waals surface area contributed by atoms with Gasteiger partial charge in [0.2, 0.25) is 0 Å². The van der Waals surface area contributed by atoms with E-state index in [4.69, 9.17) is 5.73 Å². The monoisotopic (exact) mass is 260 g/mol. The Morgan fingerprint density at radius 2 is 2.36 bits per heavy atom. The molecule has 0 atom stereocenters. The van der Waals surface area contributed by atoms with Gasteiger partial charge in [-0.3, -0.25) is 5.10 Å². The van der Waals surface area contributed by atoms with Gasteiger partial charge >= 0.3 is 0 Å². The second-order valence-electron chi connectivity index (χ2n) is 2.17. The van der Waals surface area contributed by atoms with E-state index in [0.717, 1.165) is 14.7 Å². The molecule has 0 aliphatic rings. The molecule has 0 unspecified atom stereocenters. The first-order valence-corrected chi connectivity index (χ1v) is 4.10. The van der Waals surface area contributed by atoms with Crippen molar-refractivity contribution in [1.29, 1.82) is 0 Å². The number of nitrogens with two attached hydrogens (primary N) is 1. The Morgan fingerprint density at radius 1 is 1.55 bits per heavy atom. The van der Waals surface area contributed by atoms with Gasteiger partial charge in [-0.2, -0.15) is 5.10 Å². The van der Waals surface area contributed by atoms with Crippen LogP contribution in [0.2, 0.25) is 0 Å². The van der Waals surface area contributed by atoms with E-state index in [-0.39, 0.29) is 0 Å². The predicted molar refractivity (Wildman–Crippen MR) is 51.0 cm³/mol. The fourth-order valence-corrected chi connectivity index (χ4v) is 1.42. The van der Waals surface area contributed by atoms with Crippen molar-refractivity contribution in [2.75, 3.05) is 5.73 Å². The number of halogens is 1. The molecule has 0 saturated heterocycles. The van der Waals surface area contributed by atoms with Crippen LogP contribution in [0.15, 0.2) is 12.3 Å². The quantitative estimate of drug-likeness (QED) is 0.698. The molecule has 0 saturated carbocycles. The van der Waals surface area contributed by atoms with Crippen LogP contribution in [0.4, 0.5) is 5.69 Å². The largest absolute Gasteiger partial charge is 0.397 e. The highest BCUT2D eigenvalue weighted by Gasteiger charge is 2.02. The molecular weight excluding hydrogens is 255 g/mol. The lowest BCUT2D eigenvalue weighted by Crippen LogP contribution is -1.85. The molecule has 0 bridgehead atoms. The molecule has 0 fully saturated rings. The summed E-state index contributed by atoms with van der Waals surface area (Å²) in [4.78, 5) is 4.11. The summed E-state index contributed by atoms with van der Waals surface area (Å²) >= 11 is 2.14. The highest BCUT2D eigenvalue weighted by Crippen LogP contribution is 2.16. The molecule has 0 aromatic carbocycles. The van der Waals surface area contributed by atoms with Crippen molar-refractivity contribution in [2.45, 2.75) is 0 Å². The van der Waals surface area contributed by atoms with Crippen molar-refractivity contribution in [3.63, 3.8) is 0 Å². The van der Waals surface area contributed by atoms with Gasteiger partial charge < -0.3 is 5.73 Å². The molecule has 0 aliphatic heterocycles. The minimum atomic E-state index is 0.639. The molecule has 5 heteroatoms. The van der Waals surface area contributed by atoms with E-state index >= 15 is 0 Å². The zero-order chi connectivity index (χ0) is 7.84. The summed E-state index contributed by atoms with van der Waals surface area (Å²) in [5.41, 5.74) is 7.84. The van der Waals surface area contributed by atoms with Gasteiger partial charge in [-0.25, -0.2) is 4.98 Å². The van der Waals surface area contributed by atoms with Gasteiger partial charge in [0.1, 0.15) is 14.7 Å². The molecule has 0 spiro atoms. The molecule has 0 amide bonds. The third-order valence-electron chi connectivity index (χ3n) is 1.37. The van der Waals surface area contributed by atoms with Crippen molar-refractivity contribution in [3.8, 4) is 0 Å². The van der Waals surface area contributed by atoms with Crippen LogP contribution in [0.5, 0.6) is 0 Å². The number of hydrogen-bond acceptors (Lipinski definition) is 3. The molecular formula is C6H5IN4. The van der Waals surface area contributed by atoms with Crippen LogP contribution in [0, 0.1) is 3.70 Å². The third kappa shape index (κ3) is 1.05. The Labute approximate surface area is 76.3 Å². The number of aromatic amines is 1. The van der Waals surface area contributed by atoms with Crippen LogP contribution in [-0.4, -0.2) is 15.2 Å². The van der Waals surface area contributed by atoms with Gasteiger partial charge in [-0.05, 0) is 28.7 Å². The number of anilines is 1. The zero-order valence-corrected chi connectivity index (χ0v) is 7.66. The molecule has 11 heavy (non-hydrogen) atoms. The second kappa shape index (κ2) is 2.33. The molecule has 2 aromatic rings. The number of rotatable bonds is 0. The van der Waals surface area contributed by atoms with E-state index in [1.54, 1.807) is 12.3 Å². The van der Waals surface area contributed by atoms with Gasteiger partial charge in [0.15, 0.2) is 0 Å². The number of fused-ring (bicyclic) bond motifs is 1. The Balaban J connectivity index is 2.86. The highest BCUT2D eigenvalue weighted by atomic mass is 127. The molecule has 4 nitrogen and oxygen atoms in total. The van der Waals surface area contributed by atoms with Gasteiger partial charge in [0.25, 0.3) is 0 Å². The van der Waals surface area contributed by atoms with E-state index in [2.05, 4.69) is 37.8 Å². The molecule has 0 aliphatic carbocycles. The maximum atomic E-state index is 5.51. The number of nitrogen functional groups attached to an aromatic ring is 1. The SMILES string of the molecule is Nc1cnc2c(I)[nH]nc2c1. The molecule has 3 N–H and O–H groups in total. The van der Waals surface area contributed by atoms with Crippen molar-refractivity contribution in [3.05, 3.63) is 16.0 Å². The molecule has 2 aromatic heterocycles. The Hall–Kier alpha value is -0.850. The van der Waals surface area contributed by atoms with E-state index in [9.17, 15) is 0 Å². The van der Waals surface area contributed by atoms with E-state index < -0.39 is 0 Å². The summed E-state index contributed by atoms with van der Waals surface area (Å²) < 4.78 is 0.942. The summed E-state index contributed by atoms with van der Waals surface area (Å²) in [6, 6.07) is 1.79. The number of H-pyrrole nitrogens is 1. The first-order valence-electron chi connectivity index (χ1n) is 3.02. The first-order chi connectivity index (χ1) is 5.27. The minimum absolute atomic E-state index is 0.639. The highest BCUT2D eigenvalue weighted by molar-refractivity contribution is 14.1. The maximum Gasteiger partial charge on any atom is 0.122 e. The van der Waals surface area contributed by atoms with Crippen LogP contribution in [0.1, 0.15) is 0 Å². The van der Waals surface area contributed by atoms with E-state index in [1.807, 2.05) is 0 Å². The Bertz CT molecular complexity index is 394. The van der Waals surface area contributed by atoms with Crippen LogP contribution < -0.4 is 5.73 Å². The summed E-state index contributed by atoms with van der Waals surface area (Å²) in [5, 5.41) is 6.83. The van der Waals surface area contributed by atoms with Crippen molar-refractivity contribution >= 4 is 39.3 Å². The fourth-order valence-electron chi connectivity index (χ4n) is 0.885. The maximum absolute atomic E-state index is 5.51. The third-order valence-corrected chi connectivity index (χ3v) is 2.12. The molecule has 56 valence electrons. The summed E-state index contributed by atoms with van der Waals surface area (Å²) in [5.74, 6) is 0. The van der Waals surface area contributed by atoms with Crippen molar-refractivity contribution < 1.29 is 0 Å². The van der Waals surface area contributed by atoms with Crippen molar-refractivity contribution in [1.82, 2.24) is 15.2 Å². The number of nitrogens with one attached hydrogen (secondary N) is 1. The average Bonchev–Trinajstić information content (AvgIpc) is 2.32. The zero-order valence-electron chi connectivity index (χ0n) is 5.50. The van der Waals surface area contributed by atoms with E-state index in [1.165, 1.54) is 0 Å². The van der Waals surface area contributed by atoms with Gasteiger partial charge in [0, 0.05) is 0 Å². The second-order valence-corrected chi connectivity index (χ2v) is 3.25. The number of pyridine rings is 1. The predicted octanol–water partition coefficient (Wildman–Crippen LogP) is 1.14. The van der Waals surface area contributed by atoms with Crippen LogP contribution in [-0.2, 0) is 0 Å². The Kier molecular flexibility index (Phi) is 1.45. The summed E-state index contributed by atoms with van der Waals surface area (Å²) in [6.07, 6.45) is 1.63. The smallest absolute Gasteiger partial charge is 0.122 e. The lowest BCUT2D eigenvalue weighted by atomic mass is 10.4. The topological polar surface area (TPSA) is 67.6 Å². The average molecular weight is 260 g/mol. The van der Waals surface area contributed by atoms with Crippen molar-refractivity contribution in [2.24, 2.45) is 0 Å². The number of aromatic nitrogens is 3. The minimum Gasteiger partial charge on any atom is -0.397 e. The normalized spacial score (nSPS) is 10.6. The lowest BCUT2D eigenvalue weighted by molar-refractivity contribution is 1.09. The fraction of sp³-hybridized carbons (Fsp3) is 0. The standard InChI is InChI=1S/C6H5IN4/c7-6-5-4(10-11-6)1-3(8)2-9-5/h1-2H,8H2,(H,10,11). The van der Waals surface area contributed by atoms with Crippen LogP contribution in [0.25, 0.3) is 11.0 Å². The van der Waals surface area contributed by atoms with Crippen LogP contribution in [0.3, 0.4) is 0 Å². The van der Waals surface area contributed by atoms with E-state index in [0.29, 0.717) is 5.69 Å². The summed E-state index contributed by atoms with van der Waals surface area (Å²) in [6.45, 7) is 0. The molecule has 0 radical (unpaired) electrons. The lowest BCUT2D eigenvalue weighted by Gasteiger charge is -1.89. The Morgan fingerprint density at radius 3 is 3.18 bits per heavy atom. The van der Waals surface area contributed by atoms with Gasteiger partial charge in [0.05, 0.1) is 11.9 Å². The molecule has 2 heterocycles. The number of hydrogen-bond donors (Lipinski definition) is 2. The molecule has 2 rings (SSSR count). The van der Waals surface area contributed by atoms with Gasteiger partial charge in [-0.1, -0.05) is 0 Å².